The van der Waals surface area contributed by atoms with Crippen molar-refractivity contribution < 1.29 is 0 Å². The molecule has 0 saturated carbocycles. The zero-order chi connectivity index (χ0) is 13.4. The van der Waals surface area contributed by atoms with Gasteiger partial charge in [0.15, 0.2) is 4.77 Å². The Morgan fingerprint density at radius 1 is 1.28 bits per heavy atom. The molecule has 0 fully saturated rings. The molecule has 0 saturated heterocycles. The van der Waals surface area contributed by atoms with Gasteiger partial charge in [0.1, 0.15) is 11.2 Å². The third kappa shape index (κ3) is 1.74. The molecule has 18 heavy (non-hydrogen) atoms. The van der Waals surface area contributed by atoms with E-state index in [0.29, 0.717) is 22.5 Å². The lowest BCUT2D eigenvalue weighted by molar-refractivity contribution is 0.489. The number of rotatable bonds is 3. The van der Waals surface area contributed by atoms with Gasteiger partial charge in [-0.2, -0.15) is 0 Å². The standard InChI is InChI=1S/C11H16N4O2S/c1-4-6(3)15-8-7(12-10(18)13-8)9(16)14(5-2)11(15)17/h6H,4-5H2,1-3H3,(H2,12,13,18). The topological polar surface area (TPSA) is 75.6 Å². The second kappa shape index (κ2) is 4.56. The summed E-state index contributed by atoms with van der Waals surface area (Å²) in [6.07, 6.45) is 0.794. The maximum Gasteiger partial charge on any atom is 0.332 e. The Morgan fingerprint density at radius 3 is 2.50 bits per heavy atom. The third-order valence-electron chi connectivity index (χ3n) is 3.19. The summed E-state index contributed by atoms with van der Waals surface area (Å²) in [5, 5.41) is 0. The van der Waals surface area contributed by atoms with Gasteiger partial charge in [-0.15, -0.1) is 0 Å². The molecule has 0 aromatic carbocycles. The lowest BCUT2D eigenvalue weighted by Gasteiger charge is -2.15. The van der Waals surface area contributed by atoms with Crippen LogP contribution in [0.15, 0.2) is 9.59 Å². The second-order valence-electron chi connectivity index (χ2n) is 4.26. The van der Waals surface area contributed by atoms with E-state index in [4.69, 9.17) is 12.2 Å². The average molecular weight is 268 g/mol. The first-order valence-corrected chi connectivity index (χ1v) is 6.39. The van der Waals surface area contributed by atoms with E-state index in [1.807, 2.05) is 13.8 Å². The van der Waals surface area contributed by atoms with Crippen LogP contribution in [-0.2, 0) is 6.54 Å². The Kier molecular flexibility index (Phi) is 3.25. The van der Waals surface area contributed by atoms with Crippen molar-refractivity contribution in [3.05, 3.63) is 25.6 Å². The van der Waals surface area contributed by atoms with E-state index in [0.717, 1.165) is 6.42 Å². The van der Waals surface area contributed by atoms with Gasteiger partial charge < -0.3 is 9.97 Å². The minimum atomic E-state index is -0.329. The summed E-state index contributed by atoms with van der Waals surface area (Å²) >= 11 is 5.00. The Morgan fingerprint density at radius 2 is 1.94 bits per heavy atom. The van der Waals surface area contributed by atoms with Crippen molar-refractivity contribution in [1.29, 1.82) is 0 Å². The Bertz CT molecular complexity index is 749. The minimum absolute atomic E-state index is 0.000139. The van der Waals surface area contributed by atoms with Crippen LogP contribution in [0.5, 0.6) is 0 Å². The van der Waals surface area contributed by atoms with Gasteiger partial charge in [-0.05, 0) is 32.5 Å². The van der Waals surface area contributed by atoms with Crippen molar-refractivity contribution in [3.8, 4) is 0 Å². The summed E-state index contributed by atoms with van der Waals surface area (Å²) < 4.78 is 3.16. The quantitative estimate of drug-likeness (QED) is 0.829. The normalized spacial score (nSPS) is 13.1. The molecule has 0 aliphatic carbocycles. The molecule has 98 valence electrons. The first kappa shape index (κ1) is 12.8. The molecule has 7 heteroatoms. The molecule has 2 N–H and O–H groups in total. The number of aromatic nitrogens is 4. The van der Waals surface area contributed by atoms with E-state index in [2.05, 4.69) is 9.97 Å². The first-order chi connectivity index (χ1) is 8.51. The summed E-state index contributed by atoms with van der Waals surface area (Å²) in [6.45, 7) is 6.05. The van der Waals surface area contributed by atoms with E-state index in [1.165, 1.54) is 4.57 Å². The molecule has 0 aliphatic rings. The van der Waals surface area contributed by atoms with Crippen molar-refractivity contribution in [2.45, 2.75) is 39.8 Å². The second-order valence-corrected chi connectivity index (χ2v) is 4.67. The molecule has 1 atom stereocenters. The van der Waals surface area contributed by atoms with E-state index in [1.54, 1.807) is 11.5 Å². The molecule has 2 rings (SSSR count). The molecule has 1 unspecified atom stereocenters. The van der Waals surface area contributed by atoms with E-state index >= 15 is 0 Å². The highest BCUT2D eigenvalue weighted by Crippen LogP contribution is 2.12. The fraction of sp³-hybridized carbons (Fsp3) is 0.545. The van der Waals surface area contributed by atoms with E-state index in [9.17, 15) is 9.59 Å². The summed E-state index contributed by atoms with van der Waals surface area (Å²) in [7, 11) is 0. The zero-order valence-electron chi connectivity index (χ0n) is 10.6. The maximum absolute atomic E-state index is 12.3. The van der Waals surface area contributed by atoms with E-state index < -0.39 is 0 Å². The molecule has 2 aromatic heterocycles. The van der Waals surface area contributed by atoms with Crippen molar-refractivity contribution in [2.24, 2.45) is 0 Å². The first-order valence-electron chi connectivity index (χ1n) is 5.98. The van der Waals surface area contributed by atoms with Gasteiger partial charge in [-0.1, -0.05) is 6.92 Å². The predicted molar refractivity (Wildman–Crippen MR) is 72.7 cm³/mol. The van der Waals surface area contributed by atoms with Crippen LogP contribution >= 0.6 is 12.2 Å². The van der Waals surface area contributed by atoms with Crippen molar-refractivity contribution in [3.63, 3.8) is 0 Å². The van der Waals surface area contributed by atoms with Crippen molar-refractivity contribution >= 4 is 23.4 Å². The van der Waals surface area contributed by atoms with Crippen LogP contribution in [0.25, 0.3) is 11.2 Å². The lowest BCUT2D eigenvalue weighted by Crippen LogP contribution is -2.40. The molecule has 0 bridgehead atoms. The molecule has 0 spiro atoms. The Balaban J connectivity index is 3.04. The average Bonchev–Trinajstić information content (AvgIpc) is 2.71. The molecule has 6 nitrogen and oxygen atoms in total. The maximum atomic E-state index is 12.3. The number of aromatic amines is 2. The van der Waals surface area contributed by atoms with Gasteiger partial charge in [0, 0.05) is 12.6 Å². The lowest BCUT2D eigenvalue weighted by atomic mass is 10.2. The molecular weight excluding hydrogens is 252 g/mol. The summed E-state index contributed by atoms with van der Waals surface area (Å²) in [5.41, 5.74) is 0.217. The van der Waals surface area contributed by atoms with Crippen LogP contribution in [0.4, 0.5) is 0 Å². The number of fused-ring (bicyclic) bond motifs is 1. The van der Waals surface area contributed by atoms with Crippen molar-refractivity contribution in [1.82, 2.24) is 19.1 Å². The van der Waals surface area contributed by atoms with Gasteiger partial charge in [0.2, 0.25) is 0 Å². The van der Waals surface area contributed by atoms with Crippen LogP contribution in [-0.4, -0.2) is 19.1 Å². The highest BCUT2D eigenvalue weighted by atomic mass is 32.1. The monoisotopic (exact) mass is 268 g/mol. The fourth-order valence-corrected chi connectivity index (χ4v) is 2.23. The van der Waals surface area contributed by atoms with Gasteiger partial charge in [0.05, 0.1) is 0 Å². The molecular formula is C11H16N4O2S. The number of H-pyrrole nitrogens is 2. The van der Waals surface area contributed by atoms with Gasteiger partial charge in [-0.3, -0.25) is 13.9 Å². The molecule has 0 aliphatic heterocycles. The Hall–Kier alpha value is -1.63. The minimum Gasteiger partial charge on any atom is -0.325 e. The van der Waals surface area contributed by atoms with Crippen LogP contribution in [0.1, 0.15) is 33.2 Å². The third-order valence-corrected chi connectivity index (χ3v) is 3.40. The van der Waals surface area contributed by atoms with Crippen LogP contribution in [0.2, 0.25) is 0 Å². The highest BCUT2D eigenvalue weighted by molar-refractivity contribution is 7.71. The van der Waals surface area contributed by atoms with Crippen LogP contribution in [0.3, 0.4) is 0 Å². The summed E-state index contributed by atoms with van der Waals surface area (Å²) in [5.74, 6) is 0. The van der Waals surface area contributed by atoms with Crippen molar-refractivity contribution in [2.75, 3.05) is 0 Å². The number of nitrogens with zero attached hydrogens (tertiary/aromatic N) is 2. The van der Waals surface area contributed by atoms with Gasteiger partial charge in [0.25, 0.3) is 5.56 Å². The Labute approximate surface area is 108 Å². The van der Waals surface area contributed by atoms with Crippen LogP contribution < -0.4 is 11.2 Å². The smallest absolute Gasteiger partial charge is 0.325 e. The molecule has 2 aromatic rings. The number of hydrogen-bond acceptors (Lipinski definition) is 3. The molecule has 0 radical (unpaired) electrons. The van der Waals surface area contributed by atoms with Gasteiger partial charge in [-0.25, -0.2) is 4.79 Å². The number of hydrogen-bond donors (Lipinski definition) is 2. The SMILES string of the molecule is CCC(C)n1c(=O)n(CC)c(=O)c2[nH]c(=S)[nH]c21. The largest absolute Gasteiger partial charge is 0.332 e. The van der Waals surface area contributed by atoms with E-state index in [-0.39, 0.29) is 17.3 Å². The van der Waals surface area contributed by atoms with Crippen LogP contribution in [0, 0.1) is 4.77 Å². The number of nitrogens with one attached hydrogen (secondary N) is 2. The summed E-state index contributed by atoms with van der Waals surface area (Å²) in [4.78, 5) is 30.1. The van der Waals surface area contributed by atoms with Gasteiger partial charge >= 0.3 is 5.69 Å². The molecule has 2 heterocycles. The summed E-state index contributed by atoms with van der Waals surface area (Å²) in [6, 6.07) is -0.000139. The zero-order valence-corrected chi connectivity index (χ0v) is 11.4. The molecule has 0 amide bonds. The fourth-order valence-electron chi connectivity index (χ4n) is 2.03. The number of imidazole rings is 1. The predicted octanol–water partition coefficient (Wildman–Crippen LogP) is 1.54. The highest BCUT2D eigenvalue weighted by Gasteiger charge is 2.17.